The Morgan fingerprint density at radius 2 is 2.00 bits per heavy atom. The van der Waals surface area contributed by atoms with Gasteiger partial charge in [0, 0.05) is 11.6 Å². The van der Waals surface area contributed by atoms with Crippen LogP contribution in [0.5, 0.6) is 0 Å². The number of carbonyl (C=O) groups is 1. The van der Waals surface area contributed by atoms with Gasteiger partial charge in [0.2, 0.25) is 0 Å². The molecule has 1 aliphatic rings. The van der Waals surface area contributed by atoms with Crippen molar-refractivity contribution in [2.24, 2.45) is 0 Å². The second-order valence-corrected chi connectivity index (χ2v) is 4.95. The molecule has 0 amide bonds. The van der Waals surface area contributed by atoms with Crippen molar-refractivity contribution in [3.05, 3.63) is 36.2 Å². The quantitative estimate of drug-likeness (QED) is 0.898. The van der Waals surface area contributed by atoms with E-state index >= 15 is 0 Å². The first-order chi connectivity index (χ1) is 8.70. The molecule has 1 heterocycles. The molecule has 1 aromatic heterocycles. The number of fused-ring (bicyclic) bond motifs is 1. The van der Waals surface area contributed by atoms with Crippen LogP contribution in [0.25, 0.3) is 11.0 Å². The van der Waals surface area contributed by atoms with Crippen molar-refractivity contribution >= 4 is 17.0 Å². The molecular formula is C14H14N2O2. The lowest BCUT2D eigenvalue weighted by molar-refractivity contribution is -0.139. The smallest absolute Gasteiger partial charge is 0.304 e. The zero-order chi connectivity index (χ0) is 12.6. The van der Waals surface area contributed by atoms with E-state index in [0.717, 1.165) is 36.0 Å². The summed E-state index contributed by atoms with van der Waals surface area (Å²) in [5.74, 6) is -0.760. The van der Waals surface area contributed by atoms with Gasteiger partial charge in [-0.05, 0) is 25.0 Å². The summed E-state index contributed by atoms with van der Waals surface area (Å²) < 4.78 is 0. The van der Waals surface area contributed by atoms with Gasteiger partial charge in [0.25, 0.3) is 0 Å². The second kappa shape index (κ2) is 4.05. The molecule has 4 heteroatoms. The average Bonchev–Trinajstić information content (AvgIpc) is 2.33. The van der Waals surface area contributed by atoms with E-state index in [0.29, 0.717) is 0 Å². The number of nitrogens with zero attached hydrogens (tertiary/aromatic N) is 2. The Bertz CT molecular complexity index is 606. The molecule has 1 aromatic carbocycles. The first-order valence-corrected chi connectivity index (χ1v) is 6.14. The first-order valence-electron chi connectivity index (χ1n) is 6.14. The highest BCUT2D eigenvalue weighted by Crippen LogP contribution is 2.45. The standard InChI is InChI=1S/C14H14N2O2/c17-13(18)8-14(6-3-7-14)12-9-15-10-4-1-2-5-11(10)16-12/h1-2,4-5,9H,3,6-8H2,(H,17,18). The molecular weight excluding hydrogens is 228 g/mol. The zero-order valence-electron chi connectivity index (χ0n) is 9.97. The molecule has 1 saturated carbocycles. The lowest BCUT2D eigenvalue weighted by Crippen LogP contribution is -2.37. The van der Waals surface area contributed by atoms with Crippen molar-refractivity contribution in [3.8, 4) is 0 Å². The molecule has 2 aromatic rings. The monoisotopic (exact) mass is 242 g/mol. The van der Waals surface area contributed by atoms with E-state index in [1.165, 1.54) is 0 Å². The van der Waals surface area contributed by atoms with Crippen molar-refractivity contribution in [1.29, 1.82) is 0 Å². The van der Waals surface area contributed by atoms with Crippen LogP contribution in [0.2, 0.25) is 0 Å². The Balaban J connectivity index is 2.04. The van der Waals surface area contributed by atoms with Gasteiger partial charge >= 0.3 is 5.97 Å². The van der Waals surface area contributed by atoms with Crippen LogP contribution in [0.4, 0.5) is 0 Å². The first kappa shape index (κ1) is 11.1. The van der Waals surface area contributed by atoms with E-state index in [4.69, 9.17) is 5.11 Å². The summed E-state index contributed by atoms with van der Waals surface area (Å²) in [6.45, 7) is 0. The highest BCUT2D eigenvalue weighted by atomic mass is 16.4. The van der Waals surface area contributed by atoms with E-state index in [1.54, 1.807) is 6.20 Å². The minimum Gasteiger partial charge on any atom is -0.481 e. The van der Waals surface area contributed by atoms with Crippen molar-refractivity contribution in [3.63, 3.8) is 0 Å². The van der Waals surface area contributed by atoms with E-state index in [2.05, 4.69) is 9.97 Å². The van der Waals surface area contributed by atoms with Crippen LogP contribution < -0.4 is 0 Å². The minimum atomic E-state index is -0.760. The van der Waals surface area contributed by atoms with Gasteiger partial charge in [-0.25, -0.2) is 4.98 Å². The Labute approximate surface area is 105 Å². The lowest BCUT2D eigenvalue weighted by atomic mass is 9.64. The molecule has 4 nitrogen and oxygen atoms in total. The Morgan fingerprint density at radius 3 is 2.61 bits per heavy atom. The minimum absolute atomic E-state index is 0.153. The van der Waals surface area contributed by atoms with Gasteiger partial charge in [-0.3, -0.25) is 9.78 Å². The summed E-state index contributed by atoms with van der Waals surface area (Å²) in [5, 5.41) is 9.04. The summed E-state index contributed by atoms with van der Waals surface area (Å²) >= 11 is 0. The lowest BCUT2D eigenvalue weighted by Gasteiger charge is -2.40. The maximum absolute atomic E-state index is 11.0. The highest BCUT2D eigenvalue weighted by molar-refractivity contribution is 5.74. The molecule has 1 N–H and O–H groups in total. The molecule has 0 bridgehead atoms. The van der Waals surface area contributed by atoms with Gasteiger partial charge in [0.1, 0.15) is 0 Å². The molecule has 0 radical (unpaired) electrons. The number of carboxylic acid groups (broad SMARTS) is 1. The van der Waals surface area contributed by atoms with Gasteiger partial charge in [-0.2, -0.15) is 0 Å². The fourth-order valence-corrected chi connectivity index (χ4v) is 2.63. The Morgan fingerprint density at radius 1 is 1.28 bits per heavy atom. The highest BCUT2D eigenvalue weighted by Gasteiger charge is 2.42. The maximum atomic E-state index is 11.0. The molecule has 92 valence electrons. The molecule has 0 unspecified atom stereocenters. The van der Waals surface area contributed by atoms with Crippen molar-refractivity contribution in [1.82, 2.24) is 9.97 Å². The fourth-order valence-electron chi connectivity index (χ4n) is 2.63. The molecule has 0 saturated heterocycles. The third-order valence-corrected chi connectivity index (χ3v) is 3.79. The van der Waals surface area contributed by atoms with Crippen LogP contribution in [0, 0.1) is 0 Å². The summed E-state index contributed by atoms with van der Waals surface area (Å²) in [5.41, 5.74) is 2.23. The SMILES string of the molecule is O=C(O)CC1(c2cnc3ccccc3n2)CCC1. The second-order valence-electron chi connectivity index (χ2n) is 4.95. The number of hydrogen-bond acceptors (Lipinski definition) is 3. The van der Waals surface area contributed by atoms with Gasteiger partial charge in [0.15, 0.2) is 0 Å². The van der Waals surface area contributed by atoms with Crippen LogP contribution in [-0.4, -0.2) is 21.0 Å². The average molecular weight is 242 g/mol. The Hall–Kier alpha value is -1.97. The number of para-hydroxylation sites is 2. The Kier molecular flexibility index (Phi) is 2.51. The summed E-state index contributed by atoms with van der Waals surface area (Å²) in [6.07, 6.45) is 4.75. The van der Waals surface area contributed by atoms with Gasteiger partial charge in [0.05, 0.1) is 23.1 Å². The van der Waals surface area contributed by atoms with Gasteiger partial charge in [-0.1, -0.05) is 18.6 Å². The molecule has 1 aliphatic carbocycles. The third-order valence-electron chi connectivity index (χ3n) is 3.79. The maximum Gasteiger partial charge on any atom is 0.304 e. The number of aliphatic carboxylic acids is 1. The third kappa shape index (κ3) is 1.74. The largest absolute Gasteiger partial charge is 0.481 e. The van der Waals surface area contributed by atoms with Crippen LogP contribution in [0.15, 0.2) is 30.5 Å². The molecule has 1 fully saturated rings. The van der Waals surface area contributed by atoms with Crippen LogP contribution in [0.1, 0.15) is 31.4 Å². The van der Waals surface area contributed by atoms with Gasteiger partial charge in [-0.15, -0.1) is 0 Å². The summed E-state index contributed by atoms with van der Waals surface area (Å²) in [7, 11) is 0. The van der Waals surface area contributed by atoms with E-state index in [-0.39, 0.29) is 11.8 Å². The molecule has 0 aliphatic heterocycles. The molecule has 18 heavy (non-hydrogen) atoms. The zero-order valence-corrected chi connectivity index (χ0v) is 9.97. The predicted octanol–water partition coefficient (Wildman–Crippen LogP) is 2.53. The van der Waals surface area contributed by atoms with Crippen LogP contribution >= 0.6 is 0 Å². The number of rotatable bonds is 3. The number of benzene rings is 1. The predicted molar refractivity (Wildman–Crippen MR) is 67.3 cm³/mol. The van der Waals surface area contributed by atoms with Crippen molar-refractivity contribution < 1.29 is 9.90 Å². The van der Waals surface area contributed by atoms with E-state index < -0.39 is 5.97 Å². The van der Waals surface area contributed by atoms with Crippen molar-refractivity contribution in [2.75, 3.05) is 0 Å². The topological polar surface area (TPSA) is 63.1 Å². The van der Waals surface area contributed by atoms with E-state index in [9.17, 15) is 4.79 Å². The van der Waals surface area contributed by atoms with Crippen LogP contribution in [0.3, 0.4) is 0 Å². The molecule has 3 rings (SSSR count). The van der Waals surface area contributed by atoms with E-state index in [1.807, 2.05) is 24.3 Å². The number of hydrogen-bond donors (Lipinski definition) is 1. The normalized spacial score (nSPS) is 17.3. The van der Waals surface area contributed by atoms with Crippen LogP contribution in [-0.2, 0) is 10.2 Å². The number of aromatic nitrogens is 2. The van der Waals surface area contributed by atoms with Crippen molar-refractivity contribution in [2.45, 2.75) is 31.1 Å². The molecule has 0 atom stereocenters. The summed E-state index contributed by atoms with van der Waals surface area (Å²) in [6, 6.07) is 7.67. The number of carboxylic acids is 1. The molecule has 0 spiro atoms. The fraction of sp³-hybridized carbons (Fsp3) is 0.357. The summed E-state index contributed by atoms with van der Waals surface area (Å²) in [4.78, 5) is 20.0. The van der Waals surface area contributed by atoms with Gasteiger partial charge < -0.3 is 5.11 Å².